The Hall–Kier alpha value is -0.740. The summed E-state index contributed by atoms with van der Waals surface area (Å²) in [5, 5.41) is 3.39. The first-order valence-corrected chi connectivity index (χ1v) is 7.45. The summed E-state index contributed by atoms with van der Waals surface area (Å²) >= 11 is 0. The molecule has 0 aliphatic heterocycles. The van der Waals surface area contributed by atoms with E-state index in [0.29, 0.717) is 5.75 Å². The average Bonchev–Trinajstić information content (AvgIpc) is 2.25. The van der Waals surface area contributed by atoms with Gasteiger partial charge < -0.3 is 5.32 Å². The van der Waals surface area contributed by atoms with Crippen molar-refractivity contribution in [3.63, 3.8) is 0 Å². The molecular weight excluding hydrogens is 237 g/mol. The van der Waals surface area contributed by atoms with Gasteiger partial charge in [0.2, 0.25) is 0 Å². The van der Waals surface area contributed by atoms with Crippen LogP contribution in [0.3, 0.4) is 0 Å². The molecule has 0 aliphatic carbocycles. The standard InChI is InChI=1S/C13H20FNOS/c1-13(2,15-9-4-10-17(3)16)11-5-7-12(14)8-6-11/h5-8,15H,4,9-10H2,1-3H3. The minimum Gasteiger partial charge on any atom is -0.308 e. The van der Waals surface area contributed by atoms with Gasteiger partial charge in [0.15, 0.2) is 0 Å². The molecule has 4 heteroatoms. The number of nitrogens with one attached hydrogen (secondary N) is 1. The van der Waals surface area contributed by atoms with Gasteiger partial charge in [0.05, 0.1) is 0 Å². The maximum Gasteiger partial charge on any atom is 0.123 e. The Morgan fingerprint density at radius 1 is 1.29 bits per heavy atom. The van der Waals surface area contributed by atoms with Crippen molar-refractivity contribution in [2.75, 3.05) is 18.6 Å². The van der Waals surface area contributed by atoms with Gasteiger partial charge in [-0.2, -0.15) is 0 Å². The van der Waals surface area contributed by atoms with Gasteiger partial charge in [0.1, 0.15) is 5.82 Å². The van der Waals surface area contributed by atoms with Gasteiger partial charge in [-0.25, -0.2) is 4.39 Å². The van der Waals surface area contributed by atoms with Crippen LogP contribution in [-0.4, -0.2) is 22.8 Å². The Morgan fingerprint density at radius 3 is 2.41 bits per heavy atom. The maximum atomic E-state index is 12.8. The molecule has 0 saturated heterocycles. The SMILES string of the molecule is CS(=O)CCCNC(C)(C)c1ccc(F)cc1. The van der Waals surface area contributed by atoms with Crippen molar-refractivity contribution in [1.82, 2.24) is 5.32 Å². The third-order valence-electron chi connectivity index (χ3n) is 2.74. The highest BCUT2D eigenvalue weighted by Crippen LogP contribution is 2.19. The largest absolute Gasteiger partial charge is 0.308 e. The molecule has 17 heavy (non-hydrogen) atoms. The molecular formula is C13H20FNOS. The van der Waals surface area contributed by atoms with Crippen LogP contribution < -0.4 is 5.32 Å². The second kappa shape index (κ2) is 6.26. The molecule has 1 unspecified atom stereocenters. The van der Waals surface area contributed by atoms with Crippen molar-refractivity contribution in [3.05, 3.63) is 35.6 Å². The second-order valence-corrected chi connectivity index (χ2v) is 6.24. The molecule has 0 aliphatic rings. The van der Waals surface area contributed by atoms with Crippen LogP contribution in [0, 0.1) is 5.82 Å². The molecule has 0 bridgehead atoms. The van der Waals surface area contributed by atoms with Crippen LogP contribution in [-0.2, 0) is 16.3 Å². The summed E-state index contributed by atoms with van der Waals surface area (Å²) in [4.78, 5) is 0. The Bertz CT molecular complexity index is 376. The van der Waals surface area contributed by atoms with Crippen molar-refractivity contribution >= 4 is 10.8 Å². The van der Waals surface area contributed by atoms with E-state index in [2.05, 4.69) is 19.2 Å². The Labute approximate surface area is 105 Å². The first-order valence-electron chi connectivity index (χ1n) is 5.73. The Balaban J connectivity index is 2.50. The van der Waals surface area contributed by atoms with Gasteiger partial charge in [-0.05, 0) is 44.5 Å². The lowest BCUT2D eigenvalue weighted by Gasteiger charge is -2.27. The van der Waals surface area contributed by atoms with E-state index in [4.69, 9.17) is 0 Å². The molecule has 1 aromatic carbocycles. The molecule has 0 radical (unpaired) electrons. The molecule has 0 fully saturated rings. The predicted octanol–water partition coefficient (Wildman–Crippen LogP) is 2.42. The summed E-state index contributed by atoms with van der Waals surface area (Å²) in [5.74, 6) is 0.498. The van der Waals surface area contributed by atoms with Crippen molar-refractivity contribution in [3.8, 4) is 0 Å². The van der Waals surface area contributed by atoms with E-state index >= 15 is 0 Å². The van der Waals surface area contributed by atoms with E-state index < -0.39 is 10.8 Å². The summed E-state index contributed by atoms with van der Waals surface area (Å²) < 4.78 is 23.7. The molecule has 1 aromatic rings. The lowest BCUT2D eigenvalue weighted by atomic mass is 9.94. The van der Waals surface area contributed by atoms with Crippen molar-refractivity contribution < 1.29 is 8.60 Å². The van der Waals surface area contributed by atoms with E-state index in [9.17, 15) is 8.60 Å². The lowest BCUT2D eigenvalue weighted by Crippen LogP contribution is -2.37. The lowest BCUT2D eigenvalue weighted by molar-refractivity contribution is 0.404. The average molecular weight is 257 g/mol. The van der Waals surface area contributed by atoms with Crippen LogP contribution in [0.5, 0.6) is 0 Å². The molecule has 0 saturated carbocycles. The van der Waals surface area contributed by atoms with Crippen molar-refractivity contribution in [1.29, 1.82) is 0 Å². The van der Waals surface area contributed by atoms with Crippen LogP contribution in [0.25, 0.3) is 0 Å². The monoisotopic (exact) mass is 257 g/mol. The van der Waals surface area contributed by atoms with Gasteiger partial charge in [-0.15, -0.1) is 0 Å². The molecule has 2 nitrogen and oxygen atoms in total. The maximum absolute atomic E-state index is 12.8. The molecule has 0 amide bonds. The fraction of sp³-hybridized carbons (Fsp3) is 0.538. The normalized spacial score (nSPS) is 13.6. The quantitative estimate of drug-likeness (QED) is 0.793. The number of hydrogen-bond acceptors (Lipinski definition) is 2. The highest BCUT2D eigenvalue weighted by Gasteiger charge is 2.18. The van der Waals surface area contributed by atoms with E-state index in [1.54, 1.807) is 18.4 Å². The third-order valence-corrected chi connectivity index (χ3v) is 3.61. The first kappa shape index (κ1) is 14.3. The van der Waals surface area contributed by atoms with E-state index in [1.807, 2.05) is 0 Å². The minimum atomic E-state index is -0.731. The van der Waals surface area contributed by atoms with Crippen LogP contribution in [0.2, 0.25) is 0 Å². The minimum absolute atomic E-state index is 0.192. The highest BCUT2D eigenvalue weighted by molar-refractivity contribution is 7.84. The molecule has 0 spiro atoms. The van der Waals surface area contributed by atoms with Crippen LogP contribution in [0.4, 0.5) is 4.39 Å². The summed E-state index contributed by atoms with van der Waals surface area (Å²) in [6.07, 6.45) is 2.60. The predicted molar refractivity (Wildman–Crippen MR) is 71.0 cm³/mol. The first-order chi connectivity index (χ1) is 7.92. The Kier molecular flexibility index (Phi) is 5.28. The number of rotatable bonds is 6. The zero-order valence-electron chi connectivity index (χ0n) is 10.6. The number of halogens is 1. The second-order valence-electron chi connectivity index (χ2n) is 4.69. The van der Waals surface area contributed by atoms with Crippen LogP contribution in [0.15, 0.2) is 24.3 Å². The topological polar surface area (TPSA) is 29.1 Å². The van der Waals surface area contributed by atoms with E-state index in [0.717, 1.165) is 18.5 Å². The molecule has 96 valence electrons. The zero-order valence-corrected chi connectivity index (χ0v) is 11.4. The molecule has 1 N–H and O–H groups in total. The smallest absolute Gasteiger partial charge is 0.123 e. The fourth-order valence-electron chi connectivity index (χ4n) is 1.64. The van der Waals surface area contributed by atoms with Gasteiger partial charge in [-0.1, -0.05) is 12.1 Å². The molecule has 0 aromatic heterocycles. The van der Waals surface area contributed by atoms with Crippen LogP contribution >= 0.6 is 0 Å². The summed E-state index contributed by atoms with van der Waals surface area (Å²) in [6, 6.07) is 6.53. The highest BCUT2D eigenvalue weighted by atomic mass is 32.2. The summed E-state index contributed by atoms with van der Waals surface area (Å²) in [7, 11) is -0.731. The number of benzene rings is 1. The van der Waals surface area contributed by atoms with Gasteiger partial charge in [-0.3, -0.25) is 4.21 Å². The van der Waals surface area contributed by atoms with Crippen molar-refractivity contribution in [2.45, 2.75) is 25.8 Å². The van der Waals surface area contributed by atoms with Crippen LogP contribution in [0.1, 0.15) is 25.8 Å². The van der Waals surface area contributed by atoms with Crippen molar-refractivity contribution in [2.24, 2.45) is 0 Å². The van der Waals surface area contributed by atoms with E-state index in [-0.39, 0.29) is 11.4 Å². The summed E-state index contributed by atoms with van der Waals surface area (Å²) in [5.41, 5.74) is 0.861. The van der Waals surface area contributed by atoms with E-state index in [1.165, 1.54) is 12.1 Å². The number of hydrogen-bond donors (Lipinski definition) is 1. The molecule has 1 atom stereocenters. The molecule has 1 rings (SSSR count). The van der Waals surface area contributed by atoms with Gasteiger partial charge in [0.25, 0.3) is 0 Å². The van der Waals surface area contributed by atoms with Gasteiger partial charge >= 0.3 is 0 Å². The zero-order chi connectivity index (χ0) is 12.9. The molecule has 0 heterocycles. The summed E-state index contributed by atoms with van der Waals surface area (Å²) in [6.45, 7) is 4.93. The third kappa shape index (κ3) is 4.96. The Morgan fingerprint density at radius 2 is 1.88 bits per heavy atom. The van der Waals surface area contributed by atoms with Gasteiger partial charge in [0, 0.05) is 28.3 Å². The fourth-order valence-corrected chi connectivity index (χ4v) is 2.20.